The molecule has 0 unspecified atom stereocenters. The van der Waals surface area contributed by atoms with Crippen LogP contribution < -0.4 is 0 Å². The first kappa shape index (κ1) is 18.8. The zero-order valence-electron chi connectivity index (χ0n) is 10.4. The van der Waals surface area contributed by atoms with E-state index in [0.717, 1.165) is 0 Å². The van der Waals surface area contributed by atoms with Crippen LogP contribution >= 0.6 is 46.4 Å². The van der Waals surface area contributed by atoms with E-state index in [1.807, 2.05) is 0 Å². The zero-order valence-corrected chi connectivity index (χ0v) is 16.4. The van der Waals surface area contributed by atoms with E-state index in [1.54, 1.807) is 0 Å². The van der Waals surface area contributed by atoms with Gasteiger partial charge >= 0.3 is 0 Å². The number of rotatable bonds is 10. The fraction of sp³-hybridized carbons (Fsp3) is 1.00. The maximum Gasteiger partial charge on any atom is 0.0929 e. The molecule has 0 amide bonds. The van der Waals surface area contributed by atoms with Crippen LogP contribution in [0.15, 0.2) is 0 Å². The maximum absolute atomic E-state index is 5.72. The van der Waals surface area contributed by atoms with Gasteiger partial charge in [-0.2, -0.15) is 0 Å². The lowest BCUT2D eigenvalue weighted by Gasteiger charge is -2.22. The molecule has 0 N–H and O–H groups in total. The molecule has 100 valence electrons. The summed E-state index contributed by atoms with van der Waals surface area (Å²) < 4.78 is -0.323. The van der Waals surface area contributed by atoms with Gasteiger partial charge in [0.05, 0.1) is 28.0 Å². The molecule has 0 aromatic carbocycles. The third-order valence-corrected chi connectivity index (χ3v) is 9.83. The summed E-state index contributed by atoms with van der Waals surface area (Å²) in [5.41, 5.74) is 0. The lowest BCUT2D eigenvalue weighted by atomic mass is 10.6. The van der Waals surface area contributed by atoms with Crippen molar-refractivity contribution in [3.63, 3.8) is 0 Å². The lowest BCUT2D eigenvalue weighted by Crippen LogP contribution is -2.25. The van der Waals surface area contributed by atoms with E-state index in [4.69, 9.17) is 46.4 Å². The van der Waals surface area contributed by atoms with Crippen molar-refractivity contribution in [2.45, 2.75) is 59.0 Å². The van der Waals surface area contributed by atoms with Crippen molar-refractivity contribution in [2.24, 2.45) is 0 Å². The van der Waals surface area contributed by atoms with E-state index < -0.39 is 8.07 Å². The van der Waals surface area contributed by atoms with Gasteiger partial charge in [-0.1, -0.05) is 50.1 Å². The van der Waals surface area contributed by atoms with Crippen molar-refractivity contribution in [3.05, 3.63) is 0 Å². The smallest absolute Gasteiger partial charge is 0.0929 e. The van der Waals surface area contributed by atoms with Gasteiger partial charge in [-0.15, -0.1) is 46.4 Å². The van der Waals surface area contributed by atoms with E-state index in [9.17, 15) is 0 Å². The van der Waals surface area contributed by atoms with Crippen molar-refractivity contribution >= 4 is 73.5 Å². The van der Waals surface area contributed by atoms with Crippen LogP contribution in [0.4, 0.5) is 0 Å². The molecule has 0 saturated heterocycles. The first-order valence-corrected chi connectivity index (χ1v) is 13.6. The Hall–Kier alpha value is 1.81. The molecule has 0 aromatic rings. The highest BCUT2D eigenvalue weighted by Gasteiger charge is 2.19. The van der Waals surface area contributed by atoms with Crippen LogP contribution in [0.1, 0.15) is 12.8 Å². The molecule has 4 radical (unpaired) electrons. The molecule has 0 spiro atoms. The standard InChI is InChI=1S/C10H20Cl4Si3/c1-17(2,7-3-5-15-9(11)12)8-4-6-16-10(13)14/h9-10H,3-8H2,1-2H3. The van der Waals surface area contributed by atoms with Gasteiger partial charge in [0.2, 0.25) is 0 Å². The average molecular weight is 366 g/mol. The van der Waals surface area contributed by atoms with E-state index in [2.05, 4.69) is 13.1 Å². The second kappa shape index (κ2) is 10.6. The van der Waals surface area contributed by atoms with Crippen molar-refractivity contribution in [1.29, 1.82) is 0 Å². The number of alkyl halides is 4. The first-order valence-electron chi connectivity index (χ1n) is 5.86. The topological polar surface area (TPSA) is 0 Å². The SMILES string of the molecule is C[Si](C)(CCC[Si]C(Cl)Cl)CCC[Si]C(Cl)Cl. The summed E-state index contributed by atoms with van der Waals surface area (Å²) in [5.74, 6) is 0. The molecule has 0 heterocycles. The lowest BCUT2D eigenvalue weighted by molar-refractivity contribution is 0.972. The summed E-state index contributed by atoms with van der Waals surface area (Å²) >= 11 is 22.9. The van der Waals surface area contributed by atoms with Crippen molar-refractivity contribution in [3.8, 4) is 0 Å². The zero-order chi connectivity index (χ0) is 13.3. The van der Waals surface area contributed by atoms with Crippen LogP contribution in [-0.2, 0) is 0 Å². The predicted octanol–water partition coefficient (Wildman–Crippen LogP) is 5.24. The number of hydrogen-bond donors (Lipinski definition) is 0. The summed E-state index contributed by atoms with van der Waals surface area (Å²) in [7, 11) is 0.375. The fourth-order valence-electron chi connectivity index (χ4n) is 1.68. The normalized spacial score (nSPS) is 12.7. The summed E-state index contributed by atoms with van der Waals surface area (Å²) in [6.45, 7) is 4.94. The molecule has 0 aromatic heterocycles. The van der Waals surface area contributed by atoms with Gasteiger partial charge in [-0.3, -0.25) is 0 Å². The highest BCUT2D eigenvalue weighted by Crippen LogP contribution is 2.22. The van der Waals surface area contributed by atoms with Crippen LogP contribution in [0.25, 0.3) is 0 Å². The Bertz CT molecular complexity index is 170. The minimum Gasteiger partial charge on any atom is -0.110 e. The molecule has 0 rings (SSSR count). The average Bonchev–Trinajstić information content (AvgIpc) is 2.19. The molecule has 0 aliphatic heterocycles. The highest BCUT2D eigenvalue weighted by molar-refractivity contribution is 6.77. The van der Waals surface area contributed by atoms with Gasteiger partial charge in [0.25, 0.3) is 0 Å². The van der Waals surface area contributed by atoms with Crippen LogP contribution in [0.5, 0.6) is 0 Å². The Morgan fingerprint density at radius 1 is 0.824 bits per heavy atom. The van der Waals surface area contributed by atoms with E-state index in [0.29, 0.717) is 19.0 Å². The van der Waals surface area contributed by atoms with E-state index in [-0.39, 0.29) is 8.92 Å². The van der Waals surface area contributed by atoms with Crippen LogP contribution in [0, 0.1) is 0 Å². The van der Waals surface area contributed by atoms with E-state index >= 15 is 0 Å². The molecule has 0 bridgehead atoms. The van der Waals surface area contributed by atoms with Gasteiger partial charge in [0, 0.05) is 8.07 Å². The quantitative estimate of drug-likeness (QED) is 0.282. The molecule has 7 heteroatoms. The Balaban J connectivity index is 3.51. The molecule has 0 saturated carbocycles. The Labute approximate surface area is 132 Å². The molecular weight excluding hydrogens is 346 g/mol. The second-order valence-corrected chi connectivity index (χ2v) is 16.8. The Morgan fingerprint density at radius 2 is 1.18 bits per heavy atom. The summed E-state index contributed by atoms with van der Waals surface area (Å²) in [6, 6.07) is 5.13. The van der Waals surface area contributed by atoms with Crippen molar-refractivity contribution in [2.75, 3.05) is 0 Å². The minimum atomic E-state index is -1.01. The minimum absolute atomic E-state index is 0.162. The number of halogens is 4. The third kappa shape index (κ3) is 14.0. The fourth-order valence-corrected chi connectivity index (χ4v) is 7.41. The first-order chi connectivity index (χ1) is 7.83. The second-order valence-electron chi connectivity index (χ2n) is 4.88. The predicted molar refractivity (Wildman–Crippen MR) is 88.4 cm³/mol. The molecule has 0 fully saturated rings. The maximum atomic E-state index is 5.72. The summed E-state index contributed by atoms with van der Waals surface area (Å²) in [6.07, 6.45) is 2.56. The molecular formula is C10H20Cl4Si3. The highest BCUT2D eigenvalue weighted by atomic mass is 35.5. The van der Waals surface area contributed by atoms with Crippen molar-refractivity contribution in [1.82, 2.24) is 0 Å². The third-order valence-electron chi connectivity index (χ3n) is 2.66. The van der Waals surface area contributed by atoms with Crippen molar-refractivity contribution < 1.29 is 0 Å². The number of hydrogen-bond acceptors (Lipinski definition) is 0. The van der Waals surface area contributed by atoms with Crippen LogP contribution in [0.2, 0.25) is 37.3 Å². The summed E-state index contributed by atoms with van der Waals surface area (Å²) in [4.78, 5) is 0. The van der Waals surface area contributed by atoms with Gasteiger partial charge in [0.15, 0.2) is 0 Å². The van der Waals surface area contributed by atoms with Gasteiger partial charge in [0.1, 0.15) is 0 Å². The molecule has 0 aliphatic rings. The monoisotopic (exact) mass is 364 g/mol. The Morgan fingerprint density at radius 3 is 1.47 bits per heavy atom. The largest absolute Gasteiger partial charge is 0.110 e. The molecule has 0 nitrogen and oxygen atoms in total. The van der Waals surface area contributed by atoms with Gasteiger partial charge in [-0.25, -0.2) is 0 Å². The Kier molecular flexibility index (Phi) is 11.7. The van der Waals surface area contributed by atoms with Crippen LogP contribution in [-0.4, -0.2) is 36.0 Å². The molecule has 0 atom stereocenters. The summed E-state index contributed by atoms with van der Waals surface area (Å²) in [5, 5.41) is 0. The molecule has 17 heavy (non-hydrogen) atoms. The van der Waals surface area contributed by atoms with Gasteiger partial charge in [-0.05, 0) is 0 Å². The van der Waals surface area contributed by atoms with E-state index in [1.165, 1.54) is 37.0 Å². The molecule has 0 aliphatic carbocycles. The van der Waals surface area contributed by atoms with Gasteiger partial charge < -0.3 is 0 Å². The van der Waals surface area contributed by atoms with Crippen LogP contribution in [0.3, 0.4) is 0 Å².